The van der Waals surface area contributed by atoms with Gasteiger partial charge in [0.25, 0.3) is 5.69 Å². The maximum Gasteiger partial charge on any atom is 0.271 e. The predicted octanol–water partition coefficient (Wildman–Crippen LogP) is 1.44. The maximum absolute atomic E-state index is 12.3. The van der Waals surface area contributed by atoms with E-state index >= 15 is 0 Å². The Labute approximate surface area is 143 Å². The number of benzene rings is 2. The fourth-order valence-electron chi connectivity index (χ4n) is 2.46. The van der Waals surface area contributed by atoms with Crippen molar-refractivity contribution >= 4 is 33.0 Å². The second-order valence-corrected chi connectivity index (χ2v) is 7.09. The second-order valence-electron chi connectivity index (χ2n) is 5.32. The van der Waals surface area contributed by atoms with Gasteiger partial charge in [-0.1, -0.05) is 18.2 Å². The number of anilines is 2. The molecular weight excluding hydrogens is 348 g/mol. The van der Waals surface area contributed by atoms with Gasteiger partial charge < -0.3 is 10.6 Å². The molecule has 1 heterocycles. The minimum atomic E-state index is -3.76. The Morgan fingerprint density at radius 2 is 1.92 bits per heavy atom. The summed E-state index contributed by atoms with van der Waals surface area (Å²) in [6.07, 6.45) is 0. The highest BCUT2D eigenvalue weighted by molar-refractivity contribution is 7.89. The Morgan fingerprint density at radius 3 is 2.60 bits per heavy atom. The van der Waals surface area contributed by atoms with Crippen LogP contribution in [0.25, 0.3) is 0 Å². The molecule has 0 spiro atoms. The van der Waals surface area contributed by atoms with Crippen molar-refractivity contribution in [3.8, 4) is 0 Å². The highest BCUT2D eigenvalue weighted by atomic mass is 32.2. The average molecular weight is 362 g/mol. The van der Waals surface area contributed by atoms with Crippen molar-refractivity contribution in [1.82, 2.24) is 4.72 Å². The summed E-state index contributed by atoms with van der Waals surface area (Å²) in [4.78, 5) is 22.0. The maximum atomic E-state index is 12.3. The number of fused-ring (bicyclic) bond motifs is 1. The molecule has 2 aromatic carbocycles. The Morgan fingerprint density at radius 1 is 1.20 bits per heavy atom. The highest BCUT2D eigenvalue weighted by Gasteiger charge is 2.23. The molecule has 0 unspecified atom stereocenters. The molecule has 25 heavy (non-hydrogen) atoms. The van der Waals surface area contributed by atoms with Crippen molar-refractivity contribution in [3.05, 3.63) is 58.1 Å². The van der Waals surface area contributed by atoms with Gasteiger partial charge in [-0.3, -0.25) is 14.9 Å². The van der Waals surface area contributed by atoms with Crippen LogP contribution in [0.4, 0.5) is 17.1 Å². The molecule has 0 bridgehead atoms. The summed E-state index contributed by atoms with van der Waals surface area (Å²) in [6, 6.07) is 10.3. The first-order chi connectivity index (χ1) is 11.9. The standard InChI is InChI=1S/C15H14N4O5S/c20-14-9-16-15-10(6-11(19(21)22)7-13(15)18-14)8-17-25(23,24)12-4-2-1-3-5-12/h1-7,16-17H,8-9H2,(H,18,20). The summed E-state index contributed by atoms with van der Waals surface area (Å²) in [5.74, 6) is -0.330. The lowest BCUT2D eigenvalue weighted by molar-refractivity contribution is -0.384. The molecule has 0 atom stereocenters. The number of nitrogens with zero attached hydrogens (tertiary/aromatic N) is 1. The van der Waals surface area contributed by atoms with Gasteiger partial charge in [-0.15, -0.1) is 0 Å². The molecule has 0 radical (unpaired) electrons. The van der Waals surface area contributed by atoms with Crippen molar-refractivity contribution in [3.63, 3.8) is 0 Å². The highest BCUT2D eigenvalue weighted by Crippen LogP contribution is 2.33. The Hall–Kier alpha value is -2.98. The number of carbonyl (C=O) groups excluding carboxylic acids is 1. The number of nitrogens with one attached hydrogen (secondary N) is 3. The van der Waals surface area contributed by atoms with E-state index in [4.69, 9.17) is 0 Å². The molecule has 130 valence electrons. The first kappa shape index (κ1) is 16.9. The smallest absolute Gasteiger partial charge is 0.271 e. The monoisotopic (exact) mass is 362 g/mol. The van der Waals surface area contributed by atoms with Crippen LogP contribution in [-0.4, -0.2) is 25.8 Å². The van der Waals surface area contributed by atoms with E-state index in [-0.39, 0.29) is 35.3 Å². The SMILES string of the molecule is O=C1CNc2c(CNS(=O)(=O)c3ccccc3)cc([N+](=O)[O-])cc2N1. The van der Waals surface area contributed by atoms with E-state index in [1.54, 1.807) is 18.2 Å². The summed E-state index contributed by atoms with van der Waals surface area (Å²) in [7, 11) is -3.76. The van der Waals surface area contributed by atoms with Gasteiger partial charge in [0.15, 0.2) is 0 Å². The van der Waals surface area contributed by atoms with E-state index in [1.165, 1.54) is 24.3 Å². The van der Waals surface area contributed by atoms with Crippen LogP contribution in [0.15, 0.2) is 47.4 Å². The lowest BCUT2D eigenvalue weighted by atomic mass is 10.1. The normalized spacial score (nSPS) is 13.5. The third kappa shape index (κ3) is 3.59. The first-order valence-electron chi connectivity index (χ1n) is 7.26. The van der Waals surface area contributed by atoms with Crippen molar-refractivity contribution in [2.45, 2.75) is 11.4 Å². The summed E-state index contributed by atoms with van der Waals surface area (Å²) in [5, 5.41) is 16.5. The molecule has 0 fully saturated rings. The molecule has 1 aliphatic heterocycles. The minimum Gasteiger partial charge on any atom is -0.374 e. The van der Waals surface area contributed by atoms with Crippen molar-refractivity contribution in [2.24, 2.45) is 0 Å². The van der Waals surface area contributed by atoms with E-state index < -0.39 is 14.9 Å². The van der Waals surface area contributed by atoms with Crippen LogP contribution in [0.2, 0.25) is 0 Å². The molecule has 3 rings (SSSR count). The van der Waals surface area contributed by atoms with Crippen LogP contribution in [0, 0.1) is 10.1 Å². The van der Waals surface area contributed by atoms with Crippen molar-refractivity contribution in [1.29, 1.82) is 0 Å². The number of non-ortho nitro benzene ring substituents is 1. The molecule has 0 saturated heterocycles. The molecule has 10 heteroatoms. The summed E-state index contributed by atoms with van der Waals surface area (Å²) in [5.41, 5.74) is 0.834. The van der Waals surface area contributed by atoms with Crippen LogP contribution in [0.1, 0.15) is 5.56 Å². The summed E-state index contributed by atoms with van der Waals surface area (Å²) >= 11 is 0. The number of hydrogen-bond donors (Lipinski definition) is 3. The largest absolute Gasteiger partial charge is 0.374 e. The second kappa shape index (κ2) is 6.49. The Bertz CT molecular complexity index is 944. The average Bonchev–Trinajstić information content (AvgIpc) is 2.59. The lowest BCUT2D eigenvalue weighted by Crippen LogP contribution is -2.29. The molecule has 0 aromatic heterocycles. The van der Waals surface area contributed by atoms with Gasteiger partial charge in [0.05, 0.1) is 27.7 Å². The third-order valence-electron chi connectivity index (χ3n) is 3.62. The van der Waals surface area contributed by atoms with Gasteiger partial charge in [-0.25, -0.2) is 13.1 Å². The summed E-state index contributed by atoms with van der Waals surface area (Å²) in [6.45, 7) is -0.159. The predicted molar refractivity (Wildman–Crippen MR) is 90.7 cm³/mol. The molecule has 1 amide bonds. The van der Waals surface area contributed by atoms with Gasteiger partial charge in [0, 0.05) is 18.7 Å². The Balaban J connectivity index is 1.92. The van der Waals surface area contributed by atoms with Crippen LogP contribution in [0.5, 0.6) is 0 Å². The van der Waals surface area contributed by atoms with Gasteiger partial charge in [-0.2, -0.15) is 0 Å². The zero-order valence-electron chi connectivity index (χ0n) is 12.9. The number of sulfonamides is 1. The molecular formula is C15H14N4O5S. The van der Waals surface area contributed by atoms with Crippen molar-refractivity contribution in [2.75, 3.05) is 17.2 Å². The van der Waals surface area contributed by atoms with Crippen molar-refractivity contribution < 1.29 is 18.1 Å². The van der Waals surface area contributed by atoms with Crippen LogP contribution >= 0.6 is 0 Å². The van der Waals surface area contributed by atoms with E-state index in [0.717, 1.165) is 0 Å². The minimum absolute atomic E-state index is 0.00322. The molecule has 2 aromatic rings. The molecule has 0 aliphatic carbocycles. The van der Waals surface area contributed by atoms with E-state index in [2.05, 4.69) is 15.4 Å². The van der Waals surface area contributed by atoms with Gasteiger partial charge >= 0.3 is 0 Å². The van der Waals surface area contributed by atoms with Crippen LogP contribution < -0.4 is 15.4 Å². The number of rotatable bonds is 5. The first-order valence-corrected chi connectivity index (χ1v) is 8.75. The molecule has 3 N–H and O–H groups in total. The zero-order valence-corrected chi connectivity index (χ0v) is 13.7. The van der Waals surface area contributed by atoms with Gasteiger partial charge in [0.2, 0.25) is 15.9 Å². The molecule has 0 saturated carbocycles. The van der Waals surface area contributed by atoms with E-state index in [9.17, 15) is 23.3 Å². The third-order valence-corrected chi connectivity index (χ3v) is 5.04. The number of nitro benzene ring substituents is 1. The van der Waals surface area contributed by atoms with Crippen LogP contribution in [-0.2, 0) is 21.4 Å². The van der Waals surface area contributed by atoms with Crippen LogP contribution in [0.3, 0.4) is 0 Å². The number of hydrogen-bond acceptors (Lipinski definition) is 6. The van der Waals surface area contributed by atoms with Gasteiger partial charge in [-0.05, 0) is 17.7 Å². The topological polar surface area (TPSA) is 130 Å². The van der Waals surface area contributed by atoms with E-state index in [0.29, 0.717) is 11.3 Å². The Kier molecular flexibility index (Phi) is 4.38. The molecule has 1 aliphatic rings. The quantitative estimate of drug-likeness (QED) is 0.545. The zero-order chi connectivity index (χ0) is 18.0. The molecule has 9 nitrogen and oxygen atoms in total. The lowest BCUT2D eigenvalue weighted by Gasteiger charge is -2.21. The number of nitro groups is 1. The van der Waals surface area contributed by atoms with Gasteiger partial charge in [0.1, 0.15) is 0 Å². The van der Waals surface area contributed by atoms with E-state index in [1.807, 2.05) is 0 Å². The fourth-order valence-corrected chi connectivity index (χ4v) is 3.48. The fraction of sp³-hybridized carbons (Fsp3) is 0.133. The summed E-state index contributed by atoms with van der Waals surface area (Å²) < 4.78 is 27.0. The number of carbonyl (C=O) groups is 1. The number of amides is 1.